The maximum atomic E-state index is 13.3. The fourth-order valence-corrected chi connectivity index (χ4v) is 5.21. The van der Waals surface area contributed by atoms with E-state index in [-0.39, 0.29) is 17.7 Å². The molecule has 0 spiro atoms. The summed E-state index contributed by atoms with van der Waals surface area (Å²) < 4.78 is 10.6. The first kappa shape index (κ1) is 28.9. The van der Waals surface area contributed by atoms with E-state index in [0.29, 0.717) is 29.1 Å². The van der Waals surface area contributed by atoms with Gasteiger partial charge in [-0.2, -0.15) is 0 Å². The summed E-state index contributed by atoms with van der Waals surface area (Å²) in [6, 6.07) is 18.3. The van der Waals surface area contributed by atoms with E-state index >= 15 is 0 Å². The van der Waals surface area contributed by atoms with E-state index in [2.05, 4.69) is 12.2 Å². The van der Waals surface area contributed by atoms with Gasteiger partial charge in [0.15, 0.2) is 0 Å². The summed E-state index contributed by atoms with van der Waals surface area (Å²) in [5.41, 5.74) is 5.46. The number of rotatable bonds is 11. The fourth-order valence-electron chi connectivity index (χ4n) is 5.21. The van der Waals surface area contributed by atoms with Crippen LogP contribution in [0.2, 0.25) is 0 Å². The number of unbranched alkanes of at least 4 members (excludes halogenated alkanes) is 2. The lowest BCUT2D eigenvalue weighted by Gasteiger charge is -2.28. The zero-order valence-electron chi connectivity index (χ0n) is 24.0. The van der Waals surface area contributed by atoms with Crippen molar-refractivity contribution in [2.75, 3.05) is 19.5 Å². The van der Waals surface area contributed by atoms with Crippen LogP contribution in [0, 0.1) is 5.92 Å². The molecule has 7 nitrogen and oxygen atoms in total. The van der Waals surface area contributed by atoms with Gasteiger partial charge in [0.2, 0.25) is 0 Å². The number of anilines is 1. The third-order valence-corrected chi connectivity index (χ3v) is 7.41. The van der Waals surface area contributed by atoms with E-state index in [1.165, 1.54) is 25.5 Å². The molecule has 0 aliphatic carbocycles. The number of benzene rings is 3. The first-order valence-electron chi connectivity index (χ1n) is 13.9. The molecule has 210 valence electrons. The van der Waals surface area contributed by atoms with Crippen LogP contribution in [-0.4, -0.2) is 42.9 Å². The van der Waals surface area contributed by atoms with Crippen LogP contribution < -0.4 is 10.1 Å². The number of amides is 2. The molecule has 0 aromatic heterocycles. The van der Waals surface area contributed by atoms with Crippen molar-refractivity contribution in [2.24, 2.45) is 5.92 Å². The second-order valence-electron chi connectivity index (χ2n) is 10.5. The van der Waals surface area contributed by atoms with Crippen molar-refractivity contribution in [3.05, 3.63) is 82.9 Å². The summed E-state index contributed by atoms with van der Waals surface area (Å²) in [7, 11) is 2.92. The van der Waals surface area contributed by atoms with Gasteiger partial charge in [-0.05, 0) is 65.8 Å². The van der Waals surface area contributed by atoms with Crippen molar-refractivity contribution in [1.82, 2.24) is 4.90 Å². The average molecular weight is 543 g/mol. The van der Waals surface area contributed by atoms with Crippen molar-refractivity contribution in [3.63, 3.8) is 0 Å². The number of esters is 1. The Kier molecular flexibility index (Phi) is 9.25. The van der Waals surface area contributed by atoms with Crippen LogP contribution in [-0.2, 0) is 22.5 Å². The smallest absolute Gasteiger partial charge is 0.328 e. The Hall–Kier alpha value is -4.13. The number of aryl methyl sites for hydroxylation is 1. The highest BCUT2D eigenvalue weighted by Gasteiger charge is 2.38. The van der Waals surface area contributed by atoms with Gasteiger partial charge in [0.1, 0.15) is 11.8 Å². The molecule has 3 aromatic carbocycles. The minimum absolute atomic E-state index is 0.0863. The Morgan fingerprint density at radius 3 is 2.35 bits per heavy atom. The van der Waals surface area contributed by atoms with E-state index in [4.69, 9.17) is 9.47 Å². The largest absolute Gasteiger partial charge is 0.496 e. The summed E-state index contributed by atoms with van der Waals surface area (Å²) in [6.07, 6.45) is 4.55. The molecule has 1 aliphatic heterocycles. The number of carbonyl (C=O) groups is 3. The molecule has 2 amide bonds. The number of hydrogen-bond donors (Lipinski definition) is 1. The van der Waals surface area contributed by atoms with Crippen LogP contribution in [0.1, 0.15) is 71.9 Å². The summed E-state index contributed by atoms with van der Waals surface area (Å²) >= 11 is 0. The third kappa shape index (κ3) is 6.19. The molecular weight excluding hydrogens is 504 g/mol. The van der Waals surface area contributed by atoms with Crippen LogP contribution in [0.3, 0.4) is 0 Å². The Morgan fingerprint density at radius 2 is 1.70 bits per heavy atom. The van der Waals surface area contributed by atoms with Crippen molar-refractivity contribution >= 4 is 23.5 Å². The second kappa shape index (κ2) is 12.8. The predicted molar refractivity (Wildman–Crippen MR) is 157 cm³/mol. The van der Waals surface area contributed by atoms with Gasteiger partial charge in [-0.15, -0.1) is 0 Å². The minimum atomic E-state index is -0.650. The lowest BCUT2D eigenvalue weighted by atomic mass is 9.99. The van der Waals surface area contributed by atoms with Gasteiger partial charge in [0.25, 0.3) is 11.8 Å². The van der Waals surface area contributed by atoms with Crippen LogP contribution in [0.5, 0.6) is 5.75 Å². The third-order valence-electron chi connectivity index (χ3n) is 7.41. The number of nitrogens with zero attached hydrogens (tertiary/aromatic N) is 1. The molecule has 1 N–H and O–H groups in total. The standard InChI is InChI=1S/C33H38N2O5/c1-6-7-8-9-22-10-12-23(13-11-22)31(36)34-26-16-17-27(29(19-26)39-4)24-14-15-25-20-35(32(37)28(25)18-24)30(21(2)3)33(38)40-5/h10-19,21,30H,6-9,20H2,1-5H3,(H,34,36)/t30-/m0/s1. The van der Waals surface area contributed by atoms with E-state index in [0.717, 1.165) is 29.5 Å². The van der Waals surface area contributed by atoms with Gasteiger partial charge < -0.3 is 19.7 Å². The molecule has 0 saturated carbocycles. The molecule has 1 atom stereocenters. The molecule has 0 unspecified atom stereocenters. The number of methoxy groups -OCH3 is 2. The van der Waals surface area contributed by atoms with Crippen molar-refractivity contribution in [2.45, 2.75) is 59.0 Å². The van der Waals surface area contributed by atoms with E-state index in [1.807, 2.05) is 68.4 Å². The summed E-state index contributed by atoms with van der Waals surface area (Å²) in [5.74, 6) is -0.320. The number of hydrogen-bond acceptors (Lipinski definition) is 5. The summed E-state index contributed by atoms with van der Waals surface area (Å²) in [5, 5.41) is 2.95. The lowest BCUT2D eigenvalue weighted by molar-refractivity contribution is -0.147. The molecule has 40 heavy (non-hydrogen) atoms. The Morgan fingerprint density at radius 1 is 0.950 bits per heavy atom. The molecule has 0 fully saturated rings. The molecule has 0 bridgehead atoms. The Labute approximate surface area is 236 Å². The van der Waals surface area contributed by atoms with Crippen LogP contribution in [0.4, 0.5) is 5.69 Å². The van der Waals surface area contributed by atoms with Gasteiger partial charge in [-0.1, -0.05) is 57.9 Å². The number of carbonyl (C=O) groups excluding carboxylic acids is 3. The predicted octanol–water partition coefficient (Wildman–Crippen LogP) is 6.50. The highest BCUT2D eigenvalue weighted by Crippen LogP contribution is 2.36. The maximum absolute atomic E-state index is 13.3. The van der Waals surface area contributed by atoms with Crippen molar-refractivity contribution in [1.29, 1.82) is 0 Å². The normalized spacial score (nSPS) is 13.2. The molecule has 0 saturated heterocycles. The molecule has 4 rings (SSSR count). The monoisotopic (exact) mass is 542 g/mol. The van der Waals surface area contributed by atoms with Crippen LogP contribution >= 0.6 is 0 Å². The number of fused-ring (bicyclic) bond motifs is 1. The molecular formula is C33H38N2O5. The Bertz CT molecular complexity index is 1380. The van der Waals surface area contributed by atoms with E-state index in [9.17, 15) is 14.4 Å². The fraction of sp³-hybridized carbons (Fsp3) is 0.364. The lowest BCUT2D eigenvalue weighted by Crippen LogP contribution is -2.45. The number of ether oxygens (including phenoxy) is 2. The van der Waals surface area contributed by atoms with Gasteiger partial charge in [0.05, 0.1) is 14.2 Å². The molecule has 0 radical (unpaired) electrons. The highest BCUT2D eigenvalue weighted by molar-refractivity contribution is 6.05. The second-order valence-corrected chi connectivity index (χ2v) is 10.5. The van der Waals surface area contributed by atoms with Crippen LogP contribution in [0.15, 0.2) is 60.7 Å². The van der Waals surface area contributed by atoms with Crippen LogP contribution in [0.25, 0.3) is 11.1 Å². The van der Waals surface area contributed by atoms with Gasteiger partial charge in [-0.25, -0.2) is 4.79 Å². The summed E-state index contributed by atoms with van der Waals surface area (Å²) in [4.78, 5) is 40.2. The first-order chi connectivity index (χ1) is 19.3. The topological polar surface area (TPSA) is 84.9 Å². The first-order valence-corrected chi connectivity index (χ1v) is 13.9. The zero-order chi connectivity index (χ0) is 28.8. The molecule has 1 heterocycles. The molecule has 3 aromatic rings. The number of nitrogens with one attached hydrogen (secondary N) is 1. The SMILES string of the molecule is CCCCCc1ccc(C(=O)Nc2ccc(-c3ccc4c(c3)C(=O)N([C@H](C(=O)OC)C(C)C)C4)c(OC)c2)cc1. The molecule has 7 heteroatoms. The zero-order valence-corrected chi connectivity index (χ0v) is 24.0. The molecule has 1 aliphatic rings. The van der Waals surface area contributed by atoms with Gasteiger partial charge >= 0.3 is 5.97 Å². The summed E-state index contributed by atoms with van der Waals surface area (Å²) in [6.45, 7) is 6.34. The Balaban J connectivity index is 1.51. The van der Waals surface area contributed by atoms with Gasteiger partial charge in [-0.3, -0.25) is 9.59 Å². The minimum Gasteiger partial charge on any atom is -0.496 e. The van der Waals surface area contributed by atoms with Crippen molar-refractivity contribution < 1.29 is 23.9 Å². The quantitative estimate of drug-likeness (QED) is 0.221. The van der Waals surface area contributed by atoms with E-state index in [1.54, 1.807) is 18.1 Å². The highest BCUT2D eigenvalue weighted by atomic mass is 16.5. The van der Waals surface area contributed by atoms with E-state index < -0.39 is 12.0 Å². The average Bonchev–Trinajstić information content (AvgIpc) is 3.28. The maximum Gasteiger partial charge on any atom is 0.328 e. The van der Waals surface area contributed by atoms with Crippen molar-refractivity contribution in [3.8, 4) is 16.9 Å². The van der Waals surface area contributed by atoms with Gasteiger partial charge in [0, 0.05) is 35.0 Å².